The number of esters is 1. The molecule has 1 amide bonds. The lowest BCUT2D eigenvalue weighted by Crippen LogP contribution is -2.33. The van der Waals surface area contributed by atoms with Crippen LogP contribution in [0.15, 0.2) is 76.3 Å². The molecule has 0 aliphatic rings. The Labute approximate surface area is 224 Å². The topological polar surface area (TPSA) is 95.5 Å². The zero-order chi connectivity index (χ0) is 26.6. The number of hydrogen-bond donors (Lipinski definition) is 1. The number of hydrogen-bond acceptors (Lipinski definition) is 7. The molecule has 194 valence electrons. The van der Waals surface area contributed by atoms with Crippen molar-refractivity contribution in [1.29, 1.82) is 0 Å². The molecule has 0 fully saturated rings. The van der Waals surface area contributed by atoms with E-state index in [0.717, 1.165) is 17.3 Å². The van der Waals surface area contributed by atoms with Crippen molar-refractivity contribution < 1.29 is 28.5 Å². The molecule has 1 atom stereocenters. The van der Waals surface area contributed by atoms with Gasteiger partial charge in [-0.2, -0.15) is 5.10 Å². The first-order valence-electron chi connectivity index (χ1n) is 11.8. The van der Waals surface area contributed by atoms with E-state index in [1.165, 1.54) is 13.3 Å². The first kappa shape index (κ1) is 27.7. The SMILES string of the molecule is CCCCOc1ccc(C(=O)Oc2ccc(/C=N\NC(=O)[C@H](C)Oc3ccc(Br)cc3)cc2OC)cc1. The fraction of sp³-hybridized carbons (Fsp3) is 0.250. The van der Waals surface area contributed by atoms with E-state index in [2.05, 4.69) is 33.4 Å². The van der Waals surface area contributed by atoms with Gasteiger partial charge in [0.25, 0.3) is 5.91 Å². The summed E-state index contributed by atoms with van der Waals surface area (Å²) in [5.74, 6) is 0.947. The van der Waals surface area contributed by atoms with Crippen LogP contribution >= 0.6 is 15.9 Å². The van der Waals surface area contributed by atoms with Crippen molar-refractivity contribution in [3.63, 3.8) is 0 Å². The first-order chi connectivity index (χ1) is 17.9. The Morgan fingerprint density at radius 1 is 1.00 bits per heavy atom. The van der Waals surface area contributed by atoms with Crippen LogP contribution in [0.4, 0.5) is 0 Å². The quantitative estimate of drug-likeness (QED) is 0.0978. The van der Waals surface area contributed by atoms with Gasteiger partial charge in [0.2, 0.25) is 0 Å². The van der Waals surface area contributed by atoms with Crippen LogP contribution in [0.5, 0.6) is 23.0 Å². The number of rotatable bonds is 12. The Morgan fingerprint density at radius 2 is 1.70 bits per heavy atom. The fourth-order valence-electron chi connectivity index (χ4n) is 3.06. The minimum Gasteiger partial charge on any atom is -0.494 e. The van der Waals surface area contributed by atoms with Gasteiger partial charge in [-0.1, -0.05) is 29.3 Å². The molecule has 0 spiro atoms. The zero-order valence-corrected chi connectivity index (χ0v) is 22.5. The van der Waals surface area contributed by atoms with E-state index in [1.807, 2.05) is 12.1 Å². The van der Waals surface area contributed by atoms with Gasteiger partial charge in [0.15, 0.2) is 17.6 Å². The molecule has 0 radical (unpaired) electrons. The van der Waals surface area contributed by atoms with Gasteiger partial charge in [0, 0.05) is 4.47 Å². The van der Waals surface area contributed by atoms with Gasteiger partial charge in [-0.15, -0.1) is 0 Å². The molecule has 0 bridgehead atoms. The normalized spacial score (nSPS) is 11.6. The minimum absolute atomic E-state index is 0.258. The zero-order valence-electron chi connectivity index (χ0n) is 20.9. The number of amides is 1. The molecule has 3 rings (SSSR count). The lowest BCUT2D eigenvalue weighted by Gasteiger charge is -2.13. The summed E-state index contributed by atoms with van der Waals surface area (Å²) in [6, 6.07) is 18.9. The Morgan fingerprint density at radius 3 is 2.38 bits per heavy atom. The second-order valence-electron chi connectivity index (χ2n) is 7.97. The minimum atomic E-state index is -0.744. The van der Waals surface area contributed by atoms with Crippen LogP contribution in [-0.2, 0) is 4.79 Å². The summed E-state index contributed by atoms with van der Waals surface area (Å²) < 4.78 is 23.0. The summed E-state index contributed by atoms with van der Waals surface area (Å²) in [7, 11) is 1.47. The third kappa shape index (κ3) is 8.64. The van der Waals surface area contributed by atoms with E-state index >= 15 is 0 Å². The number of nitrogens with one attached hydrogen (secondary N) is 1. The molecule has 9 heteroatoms. The highest BCUT2D eigenvalue weighted by Crippen LogP contribution is 2.28. The van der Waals surface area contributed by atoms with Gasteiger partial charge >= 0.3 is 5.97 Å². The number of carbonyl (C=O) groups excluding carboxylic acids is 2. The lowest BCUT2D eigenvalue weighted by atomic mass is 10.2. The predicted molar refractivity (Wildman–Crippen MR) is 145 cm³/mol. The van der Waals surface area contributed by atoms with E-state index in [1.54, 1.807) is 61.5 Å². The molecule has 3 aromatic carbocycles. The summed E-state index contributed by atoms with van der Waals surface area (Å²) in [6.07, 6.45) is 2.73. The average molecular weight is 569 g/mol. The van der Waals surface area contributed by atoms with Crippen LogP contribution in [0.2, 0.25) is 0 Å². The Hall–Kier alpha value is -3.85. The largest absolute Gasteiger partial charge is 0.494 e. The number of methoxy groups -OCH3 is 1. The molecule has 37 heavy (non-hydrogen) atoms. The van der Waals surface area contributed by atoms with Gasteiger partial charge in [0.05, 0.1) is 25.5 Å². The third-order valence-corrected chi connectivity index (χ3v) is 5.66. The molecule has 0 unspecified atom stereocenters. The van der Waals surface area contributed by atoms with Crippen molar-refractivity contribution in [2.75, 3.05) is 13.7 Å². The second-order valence-corrected chi connectivity index (χ2v) is 8.89. The summed E-state index contributed by atoms with van der Waals surface area (Å²) in [5, 5.41) is 3.98. The summed E-state index contributed by atoms with van der Waals surface area (Å²) in [5.41, 5.74) is 3.47. The highest BCUT2D eigenvalue weighted by atomic mass is 79.9. The van der Waals surface area contributed by atoms with Crippen LogP contribution in [0.3, 0.4) is 0 Å². The molecule has 0 saturated heterocycles. The summed E-state index contributed by atoms with van der Waals surface area (Å²) in [4.78, 5) is 24.9. The van der Waals surface area contributed by atoms with Crippen LogP contribution in [-0.4, -0.2) is 37.9 Å². The van der Waals surface area contributed by atoms with E-state index in [4.69, 9.17) is 18.9 Å². The van der Waals surface area contributed by atoms with E-state index in [9.17, 15) is 9.59 Å². The number of carbonyl (C=O) groups is 2. The van der Waals surface area contributed by atoms with Crippen LogP contribution in [0, 0.1) is 0 Å². The van der Waals surface area contributed by atoms with Crippen molar-refractivity contribution in [2.24, 2.45) is 5.10 Å². The van der Waals surface area contributed by atoms with Crippen LogP contribution < -0.4 is 24.4 Å². The number of unbranched alkanes of at least 4 members (excludes halogenated alkanes) is 1. The maximum Gasteiger partial charge on any atom is 0.343 e. The molecule has 0 aliphatic heterocycles. The van der Waals surface area contributed by atoms with Gasteiger partial charge in [-0.25, -0.2) is 10.2 Å². The standard InChI is InChI=1S/C28H29BrN2O6/c1-4-5-16-35-23-11-7-21(8-12-23)28(33)37-25-15-6-20(17-26(25)34-3)18-30-31-27(32)19(2)36-24-13-9-22(29)10-14-24/h6-15,17-19H,4-5,16H2,1-3H3,(H,31,32)/b30-18-/t19-/m0/s1. The van der Waals surface area contributed by atoms with E-state index in [-0.39, 0.29) is 5.75 Å². The van der Waals surface area contributed by atoms with Crippen LogP contribution in [0.1, 0.15) is 42.6 Å². The number of ether oxygens (including phenoxy) is 4. The Bertz CT molecular complexity index is 1210. The highest BCUT2D eigenvalue weighted by Gasteiger charge is 2.15. The molecular weight excluding hydrogens is 540 g/mol. The molecular formula is C28H29BrN2O6. The Kier molecular flexibility index (Phi) is 10.5. The van der Waals surface area contributed by atoms with E-state index < -0.39 is 18.0 Å². The average Bonchev–Trinajstić information content (AvgIpc) is 2.91. The summed E-state index contributed by atoms with van der Waals surface area (Å²) in [6.45, 7) is 4.36. The number of benzene rings is 3. The monoisotopic (exact) mass is 568 g/mol. The van der Waals surface area contributed by atoms with Crippen molar-refractivity contribution in [2.45, 2.75) is 32.8 Å². The maximum absolute atomic E-state index is 12.6. The first-order valence-corrected chi connectivity index (χ1v) is 12.6. The molecule has 3 aromatic rings. The van der Waals surface area contributed by atoms with Gasteiger partial charge in [-0.05, 0) is 85.6 Å². The van der Waals surface area contributed by atoms with Crippen molar-refractivity contribution in [1.82, 2.24) is 5.43 Å². The smallest absolute Gasteiger partial charge is 0.343 e. The van der Waals surface area contributed by atoms with Crippen molar-refractivity contribution in [3.05, 3.63) is 82.3 Å². The van der Waals surface area contributed by atoms with Gasteiger partial charge in [-0.3, -0.25) is 4.79 Å². The molecule has 0 aliphatic carbocycles. The predicted octanol–water partition coefficient (Wildman–Crippen LogP) is 5.77. The number of halogens is 1. The molecule has 1 N–H and O–H groups in total. The van der Waals surface area contributed by atoms with Crippen LogP contribution in [0.25, 0.3) is 0 Å². The second kappa shape index (κ2) is 14.0. The lowest BCUT2D eigenvalue weighted by molar-refractivity contribution is -0.127. The molecule has 0 aromatic heterocycles. The highest BCUT2D eigenvalue weighted by molar-refractivity contribution is 9.10. The van der Waals surface area contributed by atoms with Gasteiger partial charge < -0.3 is 18.9 Å². The number of nitrogens with zero attached hydrogens (tertiary/aromatic N) is 1. The summed E-state index contributed by atoms with van der Waals surface area (Å²) >= 11 is 3.35. The molecule has 0 saturated carbocycles. The maximum atomic E-state index is 12.6. The number of hydrazone groups is 1. The van der Waals surface area contributed by atoms with E-state index in [0.29, 0.717) is 35.0 Å². The van der Waals surface area contributed by atoms with Crippen molar-refractivity contribution >= 4 is 34.0 Å². The molecule has 8 nitrogen and oxygen atoms in total. The molecule has 0 heterocycles. The van der Waals surface area contributed by atoms with Crippen molar-refractivity contribution in [3.8, 4) is 23.0 Å². The Balaban J connectivity index is 1.55. The fourth-order valence-corrected chi connectivity index (χ4v) is 3.33. The van der Waals surface area contributed by atoms with Gasteiger partial charge in [0.1, 0.15) is 11.5 Å². The third-order valence-electron chi connectivity index (χ3n) is 5.13.